The predicted octanol–water partition coefficient (Wildman–Crippen LogP) is 5.15. The molecule has 0 saturated heterocycles. The summed E-state index contributed by atoms with van der Waals surface area (Å²) in [6.07, 6.45) is -3.35. The number of benzene rings is 2. The van der Waals surface area contributed by atoms with Crippen molar-refractivity contribution in [2.75, 3.05) is 5.43 Å². The molecule has 0 bridgehead atoms. The van der Waals surface area contributed by atoms with Gasteiger partial charge in [-0.15, -0.1) is 11.3 Å². The highest BCUT2D eigenvalue weighted by Gasteiger charge is 2.33. The zero-order chi connectivity index (χ0) is 18.6. The van der Waals surface area contributed by atoms with E-state index in [2.05, 4.69) is 15.5 Å². The summed E-state index contributed by atoms with van der Waals surface area (Å²) in [5.41, 5.74) is 3.27. The number of hydrogen-bond donors (Lipinski definition) is 1. The summed E-state index contributed by atoms with van der Waals surface area (Å²) in [6.45, 7) is 0. The summed E-state index contributed by atoms with van der Waals surface area (Å²) >= 11 is 1.33. The number of aromatic nitrogens is 1. The van der Waals surface area contributed by atoms with Crippen LogP contribution >= 0.6 is 11.3 Å². The van der Waals surface area contributed by atoms with E-state index in [0.29, 0.717) is 5.13 Å². The Morgan fingerprint density at radius 2 is 1.92 bits per heavy atom. The molecule has 0 radical (unpaired) electrons. The van der Waals surface area contributed by atoms with Crippen molar-refractivity contribution in [1.29, 1.82) is 5.26 Å². The van der Waals surface area contributed by atoms with Gasteiger partial charge in [0.1, 0.15) is 0 Å². The molecule has 0 amide bonds. The van der Waals surface area contributed by atoms with Crippen LogP contribution in [0.25, 0.3) is 11.3 Å². The zero-order valence-electron chi connectivity index (χ0n) is 13.2. The van der Waals surface area contributed by atoms with Gasteiger partial charge >= 0.3 is 6.18 Å². The van der Waals surface area contributed by atoms with Crippen molar-refractivity contribution in [1.82, 2.24) is 4.98 Å². The van der Waals surface area contributed by atoms with Crippen LogP contribution in [-0.4, -0.2) is 11.2 Å². The highest BCUT2D eigenvalue weighted by atomic mass is 32.1. The smallest absolute Gasteiger partial charge is 0.253 e. The van der Waals surface area contributed by atoms with E-state index >= 15 is 0 Å². The number of rotatable bonds is 4. The van der Waals surface area contributed by atoms with Gasteiger partial charge in [0.05, 0.1) is 29.1 Å². The molecule has 1 heterocycles. The van der Waals surface area contributed by atoms with Crippen LogP contribution in [0.5, 0.6) is 0 Å². The van der Waals surface area contributed by atoms with Gasteiger partial charge in [-0.1, -0.05) is 36.4 Å². The van der Waals surface area contributed by atoms with Gasteiger partial charge in [-0.05, 0) is 17.7 Å². The minimum atomic E-state index is -4.60. The molecule has 0 fully saturated rings. The zero-order valence-corrected chi connectivity index (χ0v) is 14.0. The fourth-order valence-electron chi connectivity index (χ4n) is 2.20. The lowest BCUT2D eigenvalue weighted by Gasteiger charge is -2.08. The molecule has 1 aromatic heterocycles. The van der Waals surface area contributed by atoms with Crippen LogP contribution < -0.4 is 5.43 Å². The van der Waals surface area contributed by atoms with E-state index in [1.54, 1.807) is 6.07 Å². The van der Waals surface area contributed by atoms with Crippen LogP contribution in [0.4, 0.5) is 18.3 Å². The molecule has 0 unspecified atom stereocenters. The van der Waals surface area contributed by atoms with E-state index in [1.807, 2.05) is 35.7 Å². The van der Waals surface area contributed by atoms with Gasteiger partial charge in [-0.3, -0.25) is 5.43 Å². The Morgan fingerprint density at radius 3 is 2.62 bits per heavy atom. The molecule has 0 aliphatic carbocycles. The first-order valence-corrected chi connectivity index (χ1v) is 8.27. The number of thiazole rings is 1. The summed E-state index contributed by atoms with van der Waals surface area (Å²) in [7, 11) is 0. The van der Waals surface area contributed by atoms with E-state index in [4.69, 9.17) is 5.26 Å². The van der Waals surface area contributed by atoms with Crippen LogP contribution in [0.2, 0.25) is 0 Å². The van der Waals surface area contributed by atoms with Crippen molar-refractivity contribution < 1.29 is 13.2 Å². The Hall–Kier alpha value is -3.18. The standard InChI is InChI=1S/C18H11F3N4S/c19-18(20,21)15-8-12(6-7-14(15)9-22)10-23-25-17-24-16(11-26-17)13-4-2-1-3-5-13/h1-8,10-11H,(H,24,25). The van der Waals surface area contributed by atoms with E-state index in [0.717, 1.165) is 23.4 Å². The third kappa shape index (κ3) is 4.07. The van der Waals surface area contributed by atoms with Crippen LogP contribution in [0.1, 0.15) is 16.7 Å². The fraction of sp³-hybridized carbons (Fsp3) is 0.0556. The summed E-state index contributed by atoms with van der Waals surface area (Å²) in [6, 6.07) is 14.5. The molecule has 0 atom stereocenters. The lowest BCUT2D eigenvalue weighted by molar-refractivity contribution is -0.137. The van der Waals surface area contributed by atoms with Crippen LogP contribution in [0.15, 0.2) is 59.0 Å². The van der Waals surface area contributed by atoms with Crippen molar-refractivity contribution in [3.63, 3.8) is 0 Å². The minimum absolute atomic E-state index is 0.226. The number of hydrazone groups is 1. The Labute approximate surface area is 151 Å². The minimum Gasteiger partial charge on any atom is -0.253 e. The van der Waals surface area contributed by atoms with E-state index in [1.165, 1.54) is 23.6 Å². The van der Waals surface area contributed by atoms with E-state index in [9.17, 15) is 13.2 Å². The van der Waals surface area contributed by atoms with Crippen molar-refractivity contribution in [2.45, 2.75) is 6.18 Å². The van der Waals surface area contributed by atoms with Gasteiger partial charge < -0.3 is 0 Å². The van der Waals surface area contributed by atoms with Crippen molar-refractivity contribution in [3.8, 4) is 17.3 Å². The molecular weight excluding hydrogens is 361 g/mol. The van der Waals surface area contributed by atoms with Gasteiger partial charge in [-0.2, -0.15) is 23.5 Å². The van der Waals surface area contributed by atoms with Gasteiger partial charge in [0.15, 0.2) is 0 Å². The molecule has 2 aromatic carbocycles. The number of anilines is 1. The number of nitrogens with one attached hydrogen (secondary N) is 1. The maximum Gasteiger partial charge on any atom is 0.417 e. The monoisotopic (exact) mass is 372 g/mol. The third-order valence-corrected chi connectivity index (χ3v) is 4.16. The first-order chi connectivity index (χ1) is 12.5. The normalized spacial score (nSPS) is 11.5. The van der Waals surface area contributed by atoms with Crippen molar-refractivity contribution >= 4 is 22.7 Å². The van der Waals surface area contributed by atoms with Crippen LogP contribution in [0, 0.1) is 11.3 Å². The molecule has 0 aliphatic heterocycles. The second-order valence-electron chi connectivity index (χ2n) is 5.19. The molecule has 3 rings (SSSR count). The first-order valence-electron chi connectivity index (χ1n) is 7.39. The summed E-state index contributed by atoms with van der Waals surface area (Å²) in [4.78, 5) is 4.37. The van der Waals surface area contributed by atoms with Crippen molar-refractivity contribution in [3.05, 3.63) is 70.6 Å². The topological polar surface area (TPSA) is 61.1 Å². The Kier molecular flexibility index (Phi) is 5.00. The number of halogens is 3. The molecular formula is C18H11F3N4S. The molecule has 0 aliphatic rings. The molecule has 8 heteroatoms. The third-order valence-electron chi connectivity index (χ3n) is 3.42. The molecule has 0 spiro atoms. The maximum atomic E-state index is 12.9. The number of nitrogens with zero attached hydrogens (tertiary/aromatic N) is 3. The SMILES string of the molecule is N#Cc1ccc(C=NNc2nc(-c3ccccc3)cs2)cc1C(F)(F)F. The van der Waals surface area contributed by atoms with E-state index in [-0.39, 0.29) is 5.56 Å². The number of hydrogen-bond acceptors (Lipinski definition) is 5. The molecule has 3 aromatic rings. The van der Waals surface area contributed by atoms with Gasteiger partial charge in [0, 0.05) is 10.9 Å². The van der Waals surface area contributed by atoms with Crippen LogP contribution in [-0.2, 0) is 6.18 Å². The molecule has 0 saturated carbocycles. The summed E-state index contributed by atoms with van der Waals surface area (Å²) in [5, 5.41) is 15.1. The van der Waals surface area contributed by atoms with E-state index < -0.39 is 17.3 Å². The summed E-state index contributed by atoms with van der Waals surface area (Å²) in [5.74, 6) is 0. The Balaban J connectivity index is 1.74. The summed E-state index contributed by atoms with van der Waals surface area (Å²) < 4.78 is 38.8. The van der Waals surface area contributed by atoms with Gasteiger partial charge in [-0.25, -0.2) is 4.98 Å². The average Bonchev–Trinajstić information content (AvgIpc) is 3.10. The molecule has 4 nitrogen and oxygen atoms in total. The fourth-order valence-corrected chi connectivity index (χ4v) is 2.87. The van der Waals surface area contributed by atoms with Gasteiger partial charge in [0.25, 0.3) is 0 Å². The number of nitriles is 1. The van der Waals surface area contributed by atoms with Crippen molar-refractivity contribution in [2.24, 2.45) is 5.10 Å². The lowest BCUT2D eigenvalue weighted by Crippen LogP contribution is -2.08. The average molecular weight is 372 g/mol. The largest absolute Gasteiger partial charge is 0.417 e. The quantitative estimate of drug-likeness (QED) is 0.509. The maximum absolute atomic E-state index is 12.9. The Bertz CT molecular complexity index is 972. The predicted molar refractivity (Wildman–Crippen MR) is 94.9 cm³/mol. The second kappa shape index (κ2) is 7.37. The first kappa shape index (κ1) is 17.6. The van der Waals surface area contributed by atoms with Crippen LogP contribution in [0.3, 0.4) is 0 Å². The van der Waals surface area contributed by atoms with Gasteiger partial charge in [0.2, 0.25) is 5.13 Å². The molecule has 1 N–H and O–H groups in total. The highest BCUT2D eigenvalue weighted by molar-refractivity contribution is 7.14. The molecule has 130 valence electrons. The lowest BCUT2D eigenvalue weighted by atomic mass is 10.0. The highest BCUT2D eigenvalue weighted by Crippen LogP contribution is 2.32. The Morgan fingerprint density at radius 1 is 1.15 bits per heavy atom. The molecule has 26 heavy (non-hydrogen) atoms. The second-order valence-corrected chi connectivity index (χ2v) is 6.05. The number of alkyl halides is 3.